The Morgan fingerprint density at radius 2 is 1.96 bits per heavy atom. The van der Waals surface area contributed by atoms with Crippen LogP contribution in [0.2, 0.25) is 0 Å². The number of carbonyl (C=O) groups is 1. The molecule has 1 N–H and O–H groups in total. The van der Waals surface area contributed by atoms with Crippen LogP contribution >= 0.6 is 12.4 Å². The number of amides is 1. The average molecular weight is 399 g/mol. The molecule has 3 aromatic rings. The molecule has 1 saturated heterocycles. The van der Waals surface area contributed by atoms with Crippen LogP contribution in [0.25, 0.3) is 17.2 Å². The zero-order chi connectivity index (χ0) is 18.4. The van der Waals surface area contributed by atoms with Crippen molar-refractivity contribution in [3.63, 3.8) is 0 Å². The Hall–Kier alpha value is -2.64. The van der Waals surface area contributed by atoms with Gasteiger partial charge in [0.2, 0.25) is 5.91 Å². The Morgan fingerprint density at radius 1 is 1.18 bits per heavy atom. The fraction of sp³-hybridized carbons (Fsp3) is 0.350. The summed E-state index contributed by atoms with van der Waals surface area (Å²) in [4.78, 5) is 18.6. The maximum atomic E-state index is 12.1. The van der Waals surface area contributed by atoms with Crippen molar-refractivity contribution in [3.05, 3.63) is 48.4 Å². The van der Waals surface area contributed by atoms with Gasteiger partial charge in [0.15, 0.2) is 5.82 Å². The molecule has 146 valence electrons. The van der Waals surface area contributed by atoms with Crippen LogP contribution < -0.4 is 10.2 Å². The van der Waals surface area contributed by atoms with E-state index in [1.807, 2.05) is 44.6 Å². The lowest BCUT2D eigenvalue weighted by molar-refractivity contribution is -0.117. The fourth-order valence-electron chi connectivity index (χ4n) is 4.00. The first-order chi connectivity index (χ1) is 13.2. The van der Waals surface area contributed by atoms with Crippen LogP contribution in [0, 0.1) is 0 Å². The topological polar surface area (TPSA) is 68.0 Å². The largest absolute Gasteiger partial charge is 0.310 e. The highest BCUT2D eigenvalue weighted by molar-refractivity contribution is 5.96. The van der Waals surface area contributed by atoms with Gasteiger partial charge in [0.1, 0.15) is 5.69 Å². The van der Waals surface area contributed by atoms with Gasteiger partial charge in [-0.25, -0.2) is 4.98 Å². The van der Waals surface area contributed by atoms with E-state index in [0.717, 1.165) is 48.9 Å². The van der Waals surface area contributed by atoms with Crippen molar-refractivity contribution in [2.24, 2.45) is 0 Å². The van der Waals surface area contributed by atoms with Gasteiger partial charge < -0.3 is 10.2 Å². The first kappa shape index (κ1) is 18.7. The maximum absolute atomic E-state index is 12.1. The zero-order valence-corrected chi connectivity index (χ0v) is 16.5. The molecule has 0 saturated carbocycles. The number of benzene rings is 1. The quantitative estimate of drug-likeness (QED) is 0.736. The zero-order valence-electron chi connectivity index (χ0n) is 15.7. The standard InChI is InChI=1S/C20H22N6O.ClH/c1-14-2-7-19(27)26(14)16-5-3-15(4-6-16)24-10-9-22-20(24)18-12-17-13-21-8-11-25(17)23-18;/h3-6,9-10,12,14,21H,2,7-8,11,13H2,1H3;1H. The summed E-state index contributed by atoms with van der Waals surface area (Å²) in [6.07, 6.45) is 5.30. The highest BCUT2D eigenvalue weighted by Crippen LogP contribution is 2.28. The van der Waals surface area contributed by atoms with E-state index in [1.54, 1.807) is 6.20 Å². The van der Waals surface area contributed by atoms with Gasteiger partial charge in [-0.15, -0.1) is 12.4 Å². The monoisotopic (exact) mass is 398 g/mol. The SMILES string of the molecule is CC1CCC(=O)N1c1ccc(-n2ccnc2-c2cc3n(n2)CCNC3)cc1.Cl. The third-order valence-electron chi connectivity index (χ3n) is 5.43. The molecule has 2 aliphatic rings. The second-order valence-electron chi connectivity index (χ2n) is 7.21. The van der Waals surface area contributed by atoms with Crippen molar-refractivity contribution in [3.8, 4) is 17.2 Å². The number of rotatable bonds is 3. The van der Waals surface area contributed by atoms with E-state index in [0.29, 0.717) is 6.42 Å². The highest BCUT2D eigenvalue weighted by atomic mass is 35.5. The third kappa shape index (κ3) is 3.10. The summed E-state index contributed by atoms with van der Waals surface area (Å²) in [5, 5.41) is 8.09. The molecule has 2 aliphatic heterocycles. The summed E-state index contributed by atoms with van der Waals surface area (Å²) in [7, 11) is 0. The summed E-state index contributed by atoms with van der Waals surface area (Å²) >= 11 is 0. The molecule has 0 spiro atoms. The number of nitrogens with zero attached hydrogens (tertiary/aromatic N) is 5. The first-order valence-electron chi connectivity index (χ1n) is 9.44. The van der Waals surface area contributed by atoms with E-state index in [4.69, 9.17) is 5.10 Å². The molecular weight excluding hydrogens is 376 g/mol. The molecule has 8 heteroatoms. The van der Waals surface area contributed by atoms with E-state index in [2.05, 4.69) is 23.3 Å². The third-order valence-corrected chi connectivity index (χ3v) is 5.43. The molecule has 1 fully saturated rings. The Morgan fingerprint density at radius 3 is 2.68 bits per heavy atom. The van der Waals surface area contributed by atoms with Gasteiger partial charge in [0.25, 0.3) is 0 Å². The van der Waals surface area contributed by atoms with Gasteiger partial charge in [-0.3, -0.25) is 14.0 Å². The molecule has 1 unspecified atom stereocenters. The summed E-state index contributed by atoms with van der Waals surface area (Å²) in [6, 6.07) is 10.5. The van der Waals surface area contributed by atoms with Crippen LogP contribution in [0.4, 0.5) is 5.69 Å². The number of nitrogens with one attached hydrogen (secondary N) is 1. The van der Waals surface area contributed by atoms with Crippen LogP contribution in [0.15, 0.2) is 42.7 Å². The molecule has 28 heavy (non-hydrogen) atoms. The van der Waals surface area contributed by atoms with Crippen molar-refractivity contribution in [2.45, 2.75) is 38.9 Å². The molecule has 1 aromatic carbocycles. The molecule has 1 amide bonds. The van der Waals surface area contributed by atoms with Gasteiger partial charge >= 0.3 is 0 Å². The van der Waals surface area contributed by atoms with Crippen LogP contribution in [-0.2, 0) is 17.9 Å². The molecule has 4 heterocycles. The van der Waals surface area contributed by atoms with E-state index < -0.39 is 0 Å². The Balaban J connectivity index is 0.00000192. The van der Waals surface area contributed by atoms with Crippen molar-refractivity contribution >= 4 is 24.0 Å². The van der Waals surface area contributed by atoms with E-state index in [9.17, 15) is 4.79 Å². The van der Waals surface area contributed by atoms with Gasteiger partial charge in [0, 0.05) is 49.3 Å². The summed E-state index contributed by atoms with van der Waals surface area (Å²) in [5.74, 6) is 1.03. The minimum Gasteiger partial charge on any atom is -0.310 e. The lowest BCUT2D eigenvalue weighted by Crippen LogP contribution is -2.30. The molecule has 5 rings (SSSR count). The van der Waals surface area contributed by atoms with Gasteiger partial charge in [-0.2, -0.15) is 5.10 Å². The Labute approximate surface area is 169 Å². The number of halogens is 1. The van der Waals surface area contributed by atoms with E-state index in [1.165, 1.54) is 5.69 Å². The van der Waals surface area contributed by atoms with Crippen LogP contribution in [-0.4, -0.2) is 37.8 Å². The van der Waals surface area contributed by atoms with Crippen molar-refractivity contribution < 1.29 is 4.79 Å². The average Bonchev–Trinajstić information content (AvgIpc) is 3.40. The van der Waals surface area contributed by atoms with Crippen molar-refractivity contribution in [1.82, 2.24) is 24.6 Å². The van der Waals surface area contributed by atoms with Crippen molar-refractivity contribution in [1.29, 1.82) is 0 Å². The smallest absolute Gasteiger partial charge is 0.227 e. The summed E-state index contributed by atoms with van der Waals surface area (Å²) in [6.45, 7) is 4.76. The lowest BCUT2D eigenvalue weighted by Gasteiger charge is -2.22. The molecule has 0 bridgehead atoms. The van der Waals surface area contributed by atoms with Crippen LogP contribution in [0.3, 0.4) is 0 Å². The number of hydrogen-bond acceptors (Lipinski definition) is 4. The number of carbonyl (C=O) groups excluding carboxylic acids is 1. The van der Waals surface area contributed by atoms with E-state index in [-0.39, 0.29) is 24.4 Å². The second-order valence-corrected chi connectivity index (χ2v) is 7.21. The predicted octanol–water partition coefficient (Wildman–Crippen LogP) is 2.78. The fourth-order valence-corrected chi connectivity index (χ4v) is 4.00. The van der Waals surface area contributed by atoms with Crippen LogP contribution in [0.5, 0.6) is 0 Å². The molecule has 1 atom stereocenters. The Bertz CT molecular complexity index is 969. The molecule has 2 aromatic heterocycles. The maximum Gasteiger partial charge on any atom is 0.227 e. The van der Waals surface area contributed by atoms with Crippen molar-refractivity contribution in [2.75, 3.05) is 11.4 Å². The number of anilines is 1. The minimum absolute atomic E-state index is 0. The summed E-state index contributed by atoms with van der Waals surface area (Å²) < 4.78 is 4.09. The number of imidazole rings is 1. The lowest BCUT2D eigenvalue weighted by atomic mass is 10.2. The highest BCUT2D eigenvalue weighted by Gasteiger charge is 2.28. The second kappa shape index (κ2) is 7.41. The Kier molecular flexibility index (Phi) is 4.95. The predicted molar refractivity (Wildman–Crippen MR) is 110 cm³/mol. The summed E-state index contributed by atoms with van der Waals surface area (Å²) in [5.41, 5.74) is 4.03. The minimum atomic E-state index is 0. The van der Waals surface area contributed by atoms with Crippen LogP contribution in [0.1, 0.15) is 25.5 Å². The molecule has 0 aliphatic carbocycles. The molecular formula is C20H23ClN6O. The van der Waals surface area contributed by atoms with Gasteiger partial charge in [-0.05, 0) is 43.7 Å². The normalized spacial score (nSPS) is 18.8. The number of hydrogen-bond donors (Lipinski definition) is 1. The first-order valence-corrected chi connectivity index (χ1v) is 9.44. The number of aromatic nitrogens is 4. The number of fused-ring (bicyclic) bond motifs is 1. The molecule has 7 nitrogen and oxygen atoms in total. The molecule has 0 radical (unpaired) electrons. The van der Waals surface area contributed by atoms with Gasteiger partial charge in [-0.1, -0.05) is 0 Å². The van der Waals surface area contributed by atoms with Gasteiger partial charge in [0.05, 0.1) is 12.2 Å². The van der Waals surface area contributed by atoms with E-state index >= 15 is 0 Å².